The number of piperidine rings is 1. The van der Waals surface area contributed by atoms with Crippen LogP contribution in [-0.4, -0.2) is 33.7 Å². The number of benzene rings is 1. The lowest BCUT2D eigenvalue weighted by molar-refractivity contribution is 0.199. The minimum atomic E-state index is -0.515. The van der Waals surface area contributed by atoms with E-state index in [1.54, 1.807) is 17.8 Å². The first-order chi connectivity index (χ1) is 13.9. The second-order valence-electron chi connectivity index (χ2n) is 7.69. The summed E-state index contributed by atoms with van der Waals surface area (Å²) in [5.74, 6) is 1.70. The van der Waals surface area contributed by atoms with Crippen molar-refractivity contribution >= 4 is 50.9 Å². The second-order valence-corrected chi connectivity index (χ2v) is 9.80. The van der Waals surface area contributed by atoms with Gasteiger partial charge in [-0.1, -0.05) is 35.6 Å². The first kappa shape index (κ1) is 22.4. The maximum absolute atomic E-state index is 11.8. The van der Waals surface area contributed by atoms with Crippen LogP contribution in [-0.2, 0) is 0 Å². The van der Waals surface area contributed by atoms with Gasteiger partial charge in [0.2, 0.25) is 0 Å². The van der Waals surface area contributed by atoms with Gasteiger partial charge >= 0.3 is 5.63 Å². The van der Waals surface area contributed by atoms with Gasteiger partial charge in [-0.05, 0) is 70.6 Å². The summed E-state index contributed by atoms with van der Waals surface area (Å²) >= 11 is 13.4. The van der Waals surface area contributed by atoms with Crippen LogP contribution in [0.5, 0.6) is 5.75 Å². The van der Waals surface area contributed by atoms with E-state index in [0.717, 1.165) is 33.9 Å². The van der Waals surface area contributed by atoms with Gasteiger partial charge in [0.1, 0.15) is 20.7 Å². The summed E-state index contributed by atoms with van der Waals surface area (Å²) in [6, 6.07) is 6.61. The van der Waals surface area contributed by atoms with Gasteiger partial charge in [-0.2, -0.15) is 0 Å². The van der Waals surface area contributed by atoms with Crippen LogP contribution >= 0.6 is 35.6 Å². The highest BCUT2D eigenvalue weighted by atomic mass is 35.5. The first-order valence-corrected chi connectivity index (χ1v) is 12.0. The van der Waals surface area contributed by atoms with Crippen LogP contribution in [0.25, 0.3) is 11.0 Å². The summed E-state index contributed by atoms with van der Waals surface area (Å²) in [5.41, 5.74) is 0.717. The molecule has 1 aromatic carbocycles. The number of halogens is 1. The zero-order chi connectivity index (χ0) is 21.0. The minimum absolute atomic E-state index is 0.134. The molecule has 2 heterocycles. The number of hydrogen-bond acceptors (Lipinski definition) is 5. The van der Waals surface area contributed by atoms with Crippen LogP contribution in [0.2, 0.25) is 5.02 Å². The van der Waals surface area contributed by atoms with Crippen molar-refractivity contribution in [3.8, 4) is 5.75 Å². The van der Waals surface area contributed by atoms with Crippen molar-refractivity contribution in [1.29, 1.82) is 0 Å². The van der Waals surface area contributed by atoms with Crippen molar-refractivity contribution in [1.82, 2.24) is 4.90 Å². The molecule has 0 amide bonds. The zero-order valence-corrected chi connectivity index (χ0v) is 19.6. The van der Waals surface area contributed by atoms with Crippen molar-refractivity contribution in [3.63, 3.8) is 0 Å². The fourth-order valence-electron chi connectivity index (χ4n) is 3.81. The van der Waals surface area contributed by atoms with E-state index in [4.69, 9.17) is 33.0 Å². The Kier molecular flexibility index (Phi) is 7.88. The van der Waals surface area contributed by atoms with Crippen LogP contribution in [0.4, 0.5) is 0 Å². The van der Waals surface area contributed by atoms with Crippen molar-refractivity contribution in [3.05, 3.63) is 39.2 Å². The molecule has 1 aliphatic rings. The lowest BCUT2D eigenvalue weighted by Crippen LogP contribution is -2.45. The number of thiocarbonyl (C=S) groups is 1. The number of likely N-dealkylation sites (tertiary alicyclic amines) is 1. The highest BCUT2D eigenvalue weighted by molar-refractivity contribution is 8.22. The molecule has 2 unspecified atom stereocenters. The molecule has 0 radical (unpaired) electrons. The van der Waals surface area contributed by atoms with E-state index in [9.17, 15) is 4.79 Å². The van der Waals surface area contributed by atoms with Crippen LogP contribution in [0.1, 0.15) is 51.5 Å². The largest absolute Gasteiger partial charge is 0.493 e. The molecule has 1 fully saturated rings. The maximum atomic E-state index is 11.8. The Hall–Kier alpha value is -1.24. The Bertz CT molecular complexity index is 920. The highest BCUT2D eigenvalue weighted by Gasteiger charge is 2.26. The molecular formula is C22H28ClNO3S2. The van der Waals surface area contributed by atoms with E-state index in [1.165, 1.54) is 19.3 Å². The monoisotopic (exact) mass is 453 g/mol. The number of unbranched alkanes of at least 4 members (excludes halogenated alkanes) is 1. The number of rotatable bonds is 6. The summed E-state index contributed by atoms with van der Waals surface area (Å²) in [5, 5.41) is 0.961. The van der Waals surface area contributed by atoms with Gasteiger partial charge < -0.3 is 14.1 Å². The van der Waals surface area contributed by atoms with E-state index < -0.39 is 5.63 Å². The average Bonchev–Trinajstić information content (AvgIpc) is 2.68. The normalized spacial score (nSPS) is 19.5. The zero-order valence-electron chi connectivity index (χ0n) is 17.2. The SMILES string of the molecule is Cc1c(Cl)c(=O)oc2cc(OCCCCSC(=S)N3C(C)CCCC3C)ccc12. The summed E-state index contributed by atoms with van der Waals surface area (Å²) in [4.78, 5) is 14.2. The van der Waals surface area contributed by atoms with Crippen molar-refractivity contribution < 1.29 is 9.15 Å². The predicted molar refractivity (Wildman–Crippen MR) is 127 cm³/mol. The molecule has 2 aromatic rings. The molecule has 2 atom stereocenters. The van der Waals surface area contributed by atoms with E-state index in [-0.39, 0.29) is 5.02 Å². The van der Waals surface area contributed by atoms with Gasteiger partial charge in [0, 0.05) is 29.3 Å². The molecule has 0 N–H and O–H groups in total. The number of fused-ring (bicyclic) bond motifs is 1. The lowest BCUT2D eigenvalue weighted by Gasteiger charge is -2.40. The molecule has 0 aliphatic carbocycles. The molecule has 3 rings (SSSR count). The summed E-state index contributed by atoms with van der Waals surface area (Å²) in [6.07, 6.45) is 5.75. The summed E-state index contributed by atoms with van der Waals surface area (Å²) in [6.45, 7) is 6.98. The maximum Gasteiger partial charge on any atom is 0.355 e. The molecular weight excluding hydrogens is 426 g/mol. The predicted octanol–water partition coefficient (Wildman–Crippen LogP) is 6.19. The van der Waals surface area contributed by atoms with E-state index in [1.807, 2.05) is 19.1 Å². The number of nitrogens with zero attached hydrogens (tertiary/aromatic N) is 1. The summed E-state index contributed by atoms with van der Waals surface area (Å²) in [7, 11) is 0. The van der Waals surface area contributed by atoms with Crippen molar-refractivity contribution in [2.24, 2.45) is 0 Å². The van der Waals surface area contributed by atoms with Crippen molar-refractivity contribution in [2.45, 2.75) is 65.0 Å². The molecule has 0 bridgehead atoms. The van der Waals surface area contributed by atoms with Crippen molar-refractivity contribution in [2.75, 3.05) is 12.4 Å². The van der Waals surface area contributed by atoms with Gasteiger partial charge in [0.25, 0.3) is 0 Å². The summed E-state index contributed by atoms with van der Waals surface area (Å²) < 4.78 is 12.1. The molecule has 0 spiro atoms. The van der Waals surface area contributed by atoms with Gasteiger partial charge in [-0.3, -0.25) is 0 Å². The molecule has 7 heteroatoms. The molecule has 1 aliphatic heterocycles. The number of aryl methyl sites for hydroxylation is 1. The quantitative estimate of drug-likeness (QED) is 0.295. The fourth-order valence-corrected chi connectivity index (χ4v) is 5.59. The van der Waals surface area contributed by atoms with E-state index in [2.05, 4.69) is 18.7 Å². The van der Waals surface area contributed by atoms with Gasteiger partial charge in [0.15, 0.2) is 0 Å². The van der Waals surface area contributed by atoms with Gasteiger partial charge in [0.05, 0.1) is 6.61 Å². The van der Waals surface area contributed by atoms with Crippen LogP contribution in [0.3, 0.4) is 0 Å². The molecule has 158 valence electrons. The molecule has 1 aromatic heterocycles. The Morgan fingerprint density at radius 3 is 2.76 bits per heavy atom. The van der Waals surface area contributed by atoms with E-state index in [0.29, 0.717) is 30.0 Å². The molecule has 0 saturated carbocycles. The Balaban J connectivity index is 1.43. The minimum Gasteiger partial charge on any atom is -0.493 e. The average molecular weight is 454 g/mol. The first-order valence-electron chi connectivity index (χ1n) is 10.2. The third kappa shape index (κ3) is 5.47. The third-order valence-corrected chi connectivity index (χ3v) is 7.46. The fraction of sp³-hybridized carbons (Fsp3) is 0.545. The van der Waals surface area contributed by atoms with Crippen LogP contribution in [0, 0.1) is 6.92 Å². The van der Waals surface area contributed by atoms with Crippen LogP contribution < -0.4 is 10.4 Å². The van der Waals surface area contributed by atoms with Crippen LogP contribution in [0.15, 0.2) is 27.4 Å². The van der Waals surface area contributed by atoms with Gasteiger partial charge in [-0.25, -0.2) is 4.79 Å². The molecule has 1 saturated heterocycles. The Labute approximate surface area is 186 Å². The lowest BCUT2D eigenvalue weighted by atomic mass is 9.99. The topological polar surface area (TPSA) is 42.7 Å². The Morgan fingerprint density at radius 1 is 1.31 bits per heavy atom. The van der Waals surface area contributed by atoms with E-state index >= 15 is 0 Å². The highest BCUT2D eigenvalue weighted by Crippen LogP contribution is 2.28. The second kappa shape index (κ2) is 10.2. The smallest absolute Gasteiger partial charge is 0.355 e. The third-order valence-electron chi connectivity index (χ3n) is 5.51. The standard InChI is InChI=1S/C22H28ClNO3S2/c1-14-7-6-8-15(2)24(14)22(28)29-12-5-4-11-26-17-9-10-18-16(3)20(23)21(25)27-19(18)13-17/h9-10,13-15H,4-8,11-12H2,1-3H3. The molecule has 29 heavy (non-hydrogen) atoms. The van der Waals surface area contributed by atoms with Gasteiger partial charge in [-0.15, -0.1) is 0 Å². The molecule has 4 nitrogen and oxygen atoms in total. The number of hydrogen-bond donors (Lipinski definition) is 0. The number of thioether (sulfide) groups is 1. The number of ether oxygens (including phenoxy) is 1. The Morgan fingerprint density at radius 2 is 2.03 bits per heavy atom.